The Bertz CT molecular complexity index is 457. The molecule has 116 valence electrons. The van der Waals surface area contributed by atoms with Crippen LogP contribution in [0.2, 0.25) is 0 Å². The van der Waals surface area contributed by atoms with Gasteiger partial charge in [-0.05, 0) is 43.1 Å². The first-order valence-electron chi connectivity index (χ1n) is 7.92. The first-order valence-corrected chi connectivity index (χ1v) is 7.92. The second-order valence-corrected chi connectivity index (χ2v) is 7.15. The number of carbonyl (C=O) groups excluding carboxylic acids is 1. The number of amides is 1. The fourth-order valence-corrected chi connectivity index (χ4v) is 2.82. The predicted molar refractivity (Wildman–Crippen MR) is 85.0 cm³/mol. The van der Waals surface area contributed by atoms with Crippen molar-refractivity contribution in [3.05, 3.63) is 35.9 Å². The lowest BCUT2D eigenvalue weighted by atomic mass is 9.71. The molecule has 1 aliphatic carbocycles. The highest BCUT2D eigenvalue weighted by Gasteiger charge is 2.36. The Hall–Kier alpha value is -1.35. The van der Waals surface area contributed by atoms with E-state index in [-0.39, 0.29) is 5.91 Å². The molecule has 3 heteroatoms. The van der Waals surface area contributed by atoms with E-state index in [1.807, 2.05) is 30.3 Å². The van der Waals surface area contributed by atoms with Crippen LogP contribution < -0.4 is 5.32 Å². The largest absolute Gasteiger partial charge is 0.388 e. The van der Waals surface area contributed by atoms with Gasteiger partial charge in [0.1, 0.15) is 0 Å². The standard InChI is InChI=1S/C18H27NO2/c1-17(2)10-12-18(21,13-11-17)14-19-16(20)9-8-15-6-4-3-5-7-15/h3-7,21H,8-14H2,1-2H3,(H,19,20). The van der Waals surface area contributed by atoms with Crippen molar-refractivity contribution in [1.29, 1.82) is 0 Å². The number of aliphatic hydroxyl groups is 1. The lowest BCUT2D eigenvalue weighted by molar-refractivity contribution is -0.123. The Morgan fingerprint density at radius 2 is 1.76 bits per heavy atom. The lowest BCUT2D eigenvalue weighted by Crippen LogP contribution is -2.46. The minimum atomic E-state index is -0.710. The van der Waals surface area contributed by atoms with Crippen molar-refractivity contribution in [3.63, 3.8) is 0 Å². The molecule has 0 unspecified atom stereocenters. The SMILES string of the molecule is CC1(C)CCC(O)(CNC(=O)CCc2ccccc2)CC1. The molecular weight excluding hydrogens is 262 g/mol. The van der Waals surface area contributed by atoms with Crippen molar-refractivity contribution >= 4 is 5.91 Å². The Morgan fingerprint density at radius 1 is 1.14 bits per heavy atom. The van der Waals surface area contributed by atoms with Crippen LogP contribution in [0, 0.1) is 5.41 Å². The van der Waals surface area contributed by atoms with Gasteiger partial charge in [-0.15, -0.1) is 0 Å². The minimum Gasteiger partial charge on any atom is -0.388 e. The third-order valence-corrected chi connectivity index (χ3v) is 4.63. The highest BCUT2D eigenvalue weighted by Crippen LogP contribution is 2.39. The van der Waals surface area contributed by atoms with Crippen LogP contribution >= 0.6 is 0 Å². The van der Waals surface area contributed by atoms with Gasteiger partial charge in [0.2, 0.25) is 5.91 Å². The average Bonchev–Trinajstić information content (AvgIpc) is 2.48. The van der Waals surface area contributed by atoms with Crippen molar-refractivity contribution in [1.82, 2.24) is 5.32 Å². The summed E-state index contributed by atoms with van der Waals surface area (Å²) in [6.45, 7) is 4.87. The van der Waals surface area contributed by atoms with Crippen LogP contribution in [-0.2, 0) is 11.2 Å². The summed E-state index contributed by atoms with van der Waals surface area (Å²) < 4.78 is 0. The average molecular weight is 289 g/mol. The molecule has 1 aliphatic rings. The number of nitrogens with one attached hydrogen (secondary N) is 1. The number of carbonyl (C=O) groups is 1. The summed E-state index contributed by atoms with van der Waals surface area (Å²) in [6, 6.07) is 10.0. The third-order valence-electron chi connectivity index (χ3n) is 4.63. The normalized spacial score (nSPS) is 20.0. The number of hydrogen-bond acceptors (Lipinski definition) is 2. The molecule has 0 bridgehead atoms. The number of benzene rings is 1. The van der Waals surface area contributed by atoms with Crippen molar-refractivity contribution in [2.45, 2.75) is 58.0 Å². The molecule has 1 fully saturated rings. The summed E-state index contributed by atoms with van der Waals surface area (Å²) in [5.41, 5.74) is 0.785. The molecule has 0 atom stereocenters. The molecule has 0 aliphatic heterocycles. The monoisotopic (exact) mass is 289 g/mol. The molecule has 1 aromatic rings. The molecule has 3 nitrogen and oxygen atoms in total. The molecule has 0 heterocycles. The van der Waals surface area contributed by atoms with E-state index in [2.05, 4.69) is 19.2 Å². The summed E-state index contributed by atoms with van der Waals surface area (Å²) in [5, 5.41) is 13.4. The molecule has 0 aromatic heterocycles. The second-order valence-electron chi connectivity index (χ2n) is 7.15. The summed E-state index contributed by atoms with van der Waals surface area (Å²) in [7, 11) is 0. The lowest BCUT2D eigenvalue weighted by Gasteiger charge is -2.40. The van der Waals surface area contributed by atoms with Gasteiger partial charge in [-0.2, -0.15) is 0 Å². The molecule has 0 saturated heterocycles. The van der Waals surface area contributed by atoms with E-state index in [4.69, 9.17) is 0 Å². The Morgan fingerprint density at radius 3 is 2.38 bits per heavy atom. The van der Waals surface area contributed by atoms with E-state index in [0.29, 0.717) is 18.4 Å². The van der Waals surface area contributed by atoms with Crippen LogP contribution in [0.3, 0.4) is 0 Å². The van der Waals surface area contributed by atoms with E-state index >= 15 is 0 Å². The molecular formula is C18H27NO2. The van der Waals surface area contributed by atoms with E-state index < -0.39 is 5.60 Å². The van der Waals surface area contributed by atoms with Gasteiger partial charge in [0.25, 0.3) is 0 Å². The summed E-state index contributed by atoms with van der Waals surface area (Å²) >= 11 is 0. The van der Waals surface area contributed by atoms with Crippen molar-refractivity contribution < 1.29 is 9.90 Å². The fraction of sp³-hybridized carbons (Fsp3) is 0.611. The maximum atomic E-state index is 11.9. The quantitative estimate of drug-likeness (QED) is 0.875. The molecule has 1 saturated carbocycles. The van der Waals surface area contributed by atoms with Gasteiger partial charge in [0.05, 0.1) is 5.60 Å². The molecule has 0 radical (unpaired) electrons. The molecule has 2 N–H and O–H groups in total. The smallest absolute Gasteiger partial charge is 0.220 e. The maximum Gasteiger partial charge on any atom is 0.220 e. The van der Waals surface area contributed by atoms with E-state index in [1.54, 1.807) is 0 Å². The van der Waals surface area contributed by atoms with Gasteiger partial charge in [-0.1, -0.05) is 44.2 Å². The third kappa shape index (κ3) is 5.16. The van der Waals surface area contributed by atoms with Crippen molar-refractivity contribution in [3.8, 4) is 0 Å². The van der Waals surface area contributed by atoms with Gasteiger partial charge < -0.3 is 10.4 Å². The Balaban J connectivity index is 1.71. The highest BCUT2D eigenvalue weighted by molar-refractivity contribution is 5.76. The molecule has 21 heavy (non-hydrogen) atoms. The van der Waals surface area contributed by atoms with Crippen LogP contribution in [0.15, 0.2) is 30.3 Å². The summed E-state index contributed by atoms with van der Waals surface area (Å²) in [4.78, 5) is 11.9. The maximum absolute atomic E-state index is 11.9. The van der Waals surface area contributed by atoms with Gasteiger partial charge in [0.15, 0.2) is 0 Å². The zero-order valence-corrected chi connectivity index (χ0v) is 13.2. The van der Waals surface area contributed by atoms with Crippen molar-refractivity contribution in [2.75, 3.05) is 6.54 Å². The van der Waals surface area contributed by atoms with Gasteiger partial charge >= 0.3 is 0 Å². The van der Waals surface area contributed by atoms with Gasteiger partial charge in [-0.3, -0.25) is 4.79 Å². The van der Waals surface area contributed by atoms with Gasteiger partial charge in [0, 0.05) is 13.0 Å². The zero-order chi connectivity index (χ0) is 15.3. The molecule has 2 rings (SSSR count). The summed E-state index contributed by atoms with van der Waals surface area (Å²) in [5.74, 6) is 0.0251. The fourth-order valence-electron chi connectivity index (χ4n) is 2.82. The highest BCUT2D eigenvalue weighted by atomic mass is 16.3. The van der Waals surface area contributed by atoms with Crippen LogP contribution in [-0.4, -0.2) is 23.2 Å². The number of rotatable bonds is 5. The minimum absolute atomic E-state index is 0.0251. The van der Waals surface area contributed by atoms with E-state index in [1.165, 1.54) is 5.56 Å². The predicted octanol–water partition coefficient (Wildman–Crippen LogP) is 3.07. The van der Waals surface area contributed by atoms with E-state index in [9.17, 15) is 9.90 Å². The first kappa shape index (κ1) is 16.0. The molecule has 1 aromatic carbocycles. The molecule has 1 amide bonds. The van der Waals surface area contributed by atoms with Crippen LogP contribution in [0.5, 0.6) is 0 Å². The van der Waals surface area contributed by atoms with Crippen LogP contribution in [0.25, 0.3) is 0 Å². The zero-order valence-electron chi connectivity index (χ0n) is 13.2. The van der Waals surface area contributed by atoms with Crippen LogP contribution in [0.4, 0.5) is 0 Å². The Kier molecular flexibility index (Phi) is 5.04. The van der Waals surface area contributed by atoms with Crippen molar-refractivity contribution in [2.24, 2.45) is 5.41 Å². The summed E-state index contributed by atoms with van der Waals surface area (Å²) in [6.07, 6.45) is 4.81. The Labute approximate surface area is 127 Å². The second kappa shape index (κ2) is 6.61. The van der Waals surface area contributed by atoms with E-state index in [0.717, 1.165) is 32.1 Å². The molecule has 0 spiro atoms. The topological polar surface area (TPSA) is 49.3 Å². The first-order chi connectivity index (χ1) is 9.89. The number of hydrogen-bond donors (Lipinski definition) is 2. The number of aryl methyl sites for hydroxylation is 1. The van der Waals surface area contributed by atoms with Crippen LogP contribution in [0.1, 0.15) is 51.5 Å². The van der Waals surface area contributed by atoms with Gasteiger partial charge in [-0.25, -0.2) is 0 Å².